The lowest BCUT2D eigenvalue weighted by Gasteiger charge is -2.36. The Bertz CT molecular complexity index is 734. The number of nitro groups is 1. The average Bonchev–Trinajstić information content (AvgIpc) is 2.56. The molecule has 0 aromatic heterocycles. The molecule has 6 heteroatoms. The Morgan fingerprint density at radius 1 is 0.962 bits per heavy atom. The molecule has 0 amide bonds. The molecule has 0 unspecified atom stereocenters. The van der Waals surface area contributed by atoms with Gasteiger partial charge in [0, 0.05) is 18.7 Å². The molecule has 0 aliphatic rings. The van der Waals surface area contributed by atoms with Crippen molar-refractivity contribution in [3.8, 4) is 11.5 Å². The third kappa shape index (κ3) is 5.41. The summed E-state index contributed by atoms with van der Waals surface area (Å²) in [6, 6.07) is 13.9. The molecule has 2 aromatic carbocycles. The molecule has 0 saturated carbocycles. The van der Waals surface area contributed by atoms with Crippen LogP contribution in [0.25, 0.3) is 0 Å². The van der Waals surface area contributed by atoms with Crippen LogP contribution >= 0.6 is 0 Å². The summed E-state index contributed by atoms with van der Waals surface area (Å²) in [5.74, 6) is 1.28. The zero-order valence-electron chi connectivity index (χ0n) is 16.1. The average molecular weight is 374 g/mol. The number of benzene rings is 2. The second-order valence-electron chi connectivity index (χ2n) is 7.86. The molecule has 0 N–H and O–H groups in total. The highest BCUT2D eigenvalue weighted by Gasteiger charge is 2.36. The van der Waals surface area contributed by atoms with E-state index in [1.807, 2.05) is 24.3 Å². The van der Waals surface area contributed by atoms with Gasteiger partial charge in [0.1, 0.15) is 11.5 Å². The van der Waals surface area contributed by atoms with Crippen molar-refractivity contribution in [3.63, 3.8) is 0 Å². The number of rotatable bonds is 7. The second-order valence-corrected chi connectivity index (χ2v) is 12.7. The minimum atomic E-state index is -1.71. The summed E-state index contributed by atoms with van der Waals surface area (Å²) < 4.78 is 11.9. The van der Waals surface area contributed by atoms with Crippen LogP contribution in [-0.4, -0.2) is 19.8 Å². The molecular weight excluding hydrogens is 346 g/mol. The molecule has 0 heterocycles. The number of hydrogen-bond acceptors (Lipinski definition) is 4. The van der Waals surface area contributed by atoms with Gasteiger partial charge in [0.25, 0.3) is 5.69 Å². The summed E-state index contributed by atoms with van der Waals surface area (Å²) in [5, 5.41) is 10.9. The van der Waals surface area contributed by atoms with Crippen LogP contribution in [0.15, 0.2) is 48.5 Å². The zero-order valence-corrected chi connectivity index (χ0v) is 17.1. The highest BCUT2D eigenvalue weighted by atomic mass is 28.4. The monoisotopic (exact) mass is 373 g/mol. The van der Waals surface area contributed by atoms with Crippen molar-refractivity contribution in [1.29, 1.82) is 0 Å². The first-order valence-corrected chi connectivity index (χ1v) is 11.6. The Balaban J connectivity index is 1.89. The Hall–Kier alpha value is -2.18. The molecule has 0 atom stereocenters. The molecule has 2 aromatic rings. The summed E-state index contributed by atoms with van der Waals surface area (Å²) in [6.45, 7) is 12.0. The van der Waals surface area contributed by atoms with Gasteiger partial charge >= 0.3 is 0 Å². The van der Waals surface area contributed by atoms with E-state index in [0.717, 1.165) is 13.0 Å². The molecule has 0 aliphatic carbocycles. The van der Waals surface area contributed by atoms with E-state index in [-0.39, 0.29) is 10.7 Å². The van der Waals surface area contributed by atoms with E-state index in [4.69, 9.17) is 9.16 Å². The van der Waals surface area contributed by atoms with Gasteiger partial charge in [0.05, 0.1) is 4.92 Å². The lowest BCUT2D eigenvalue weighted by molar-refractivity contribution is -0.384. The molecule has 0 aliphatic heterocycles. The first-order valence-electron chi connectivity index (χ1n) is 8.74. The highest BCUT2D eigenvalue weighted by molar-refractivity contribution is 6.74. The predicted molar refractivity (Wildman–Crippen MR) is 106 cm³/mol. The van der Waals surface area contributed by atoms with E-state index in [2.05, 4.69) is 33.9 Å². The second kappa shape index (κ2) is 8.01. The normalized spacial score (nSPS) is 12.0. The molecule has 5 nitrogen and oxygen atoms in total. The van der Waals surface area contributed by atoms with E-state index in [9.17, 15) is 10.1 Å². The number of non-ortho nitro benzene ring substituents is 1. The van der Waals surface area contributed by atoms with Gasteiger partial charge in [-0.25, -0.2) is 0 Å². The highest BCUT2D eigenvalue weighted by Crippen LogP contribution is 2.36. The Morgan fingerprint density at radius 3 is 1.92 bits per heavy atom. The fourth-order valence-corrected chi connectivity index (χ4v) is 3.18. The third-order valence-electron chi connectivity index (χ3n) is 4.87. The van der Waals surface area contributed by atoms with Crippen molar-refractivity contribution in [3.05, 3.63) is 64.2 Å². The van der Waals surface area contributed by atoms with Crippen molar-refractivity contribution in [2.45, 2.75) is 45.3 Å². The largest absolute Gasteiger partial charge is 0.457 e. The molecule has 0 saturated heterocycles. The van der Waals surface area contributed by atoms with Gasteiger partial charge in [-0.15, -0.1) is 0 Å². The Kier molecular flexibility index (Phi) is 6.20. The number of nitrogens with zero attached hydrogens (tertiary/aromatic N) is 1. The Morgan fingerprint density at radius 2 is 1.46 bits per heavy atom. The molecule has 0 spiro atoms. The van der Waals surface area contributed by atoms with Gasteiger partial charge < -0.3 is 9.16 Å². The summed E-state index contributed by atoms with van der Waals surface area (Å²) >= 11 is 0. The van der Waals surface area contributed by atoms with E-state index in [1.54, 1.807) is 12.1 Å². The molecule has 0 bridgehead atoms. The fourth-order valence-electron chi connectivity index (χ4n) is 2.14. The maximum absolute atomic E-state index is 10.7. The van der Waals surface area contributed by atoms with Crippen molar-refractivity contribution < 1.29 is 14.1 Å². The number of hydrogen-bond donors (Lipinski definition) is 0. The third-order valence-corrected chi connectivity index (χ3v) is 9.40. The summed E-state index contributed by atoms with van der Waals surface area (Å²) in [4.78, 5) is 10.2. The summed E-state index contributed by atoms with van der Waals surface area (Å²) in [7, 11) is -1.71. The smallest absolute Gasteiger partial charge is 0.269 e. The SMILES string of the molecule is CC(C)(C)[Si](C)(C)OCCc1ccc(Oc2ccc([N+](=O)[O-])cc2)cc1. The van der Waals surface area contributed by atoms with E-state index in [0.29, 0.717) is 11.5 Å². The van der Waals surface area contributed by atoms with Crippen LogP contribution in [0.4, 0.5) is 5.69 Å². The minimum absolute atomic E-state index is 0.0504. The van der Waals surface area contributed by atoms with Crippen molar-refractivity contribution in [1.82, 2.24) is 0 Å². The van der Waals surface area contributed by atoms with Crippen LogP contribution < -0.4 is 4.74 Å². The van der Waals surface area contributed by atoms with Crippen LogP contribution in [0.5, 0.6) is 11.5 Å². The van der Waals surface area contributed by atoms with E-state index in [1.165, 1.54) is 17.7 Å². The zero-order chi connectivity index (χ0) is 19.4. The van der Waals surface area contributed by atoms with Crippen LogP contribution in [0.2, 0.25) is 18.1 Å². The maximum atomic E-state index is 10.7. The first-order chi connectivity index (χ1) is 12.1. The molecular formula is C20H27NO4Si. The topological polar surface area (TPSA) is 61.6 Å². The van der Waals surface area contributed by atoms with Crippen LogP contribution in [0, 0.1) is 10.1 Å². The summed E-state index contributed by atoms with van der Waals surface area (Å²) in [5.41, 5.74) is 1.24. The van der Waals surface area contributed by atoms with Crippen molar-refractivity contribution in [2.24, 2.45) is 0 Å². The van der Waals surface area contributed by atoms with E-state index < -0.39 is 13.2 Å². The molecule has 26 heavy (non-hydrogen) atoms. The van der Waals surface area contributed by atoms with Gasteiger partial charge in [0.2, 0.25) is 0 Å². The Labute approximate surface area is 156 Å². The molecule has 140 valence electrons. The van der Waals surface area contributed by atoms with Gasteiger partial charge in [-0.3, -0.25) is 10.1 Å². The fraction of sp³-hybridized carbons (Fsp3) is 0.400. The molecule has 2 rings (SSSR count). The van der Waals surface area contributed by atoms with Gasteiger partial charge in [-0.05, 0) is 54.4 Å². The predicted octanol–water partition coefficient (Wildman–Crippen LogP) is 5.95. The number of nitro benzene ring substituents is 1. The first kappa shape index (κ1) is 20.1. The van der Waals surface area contributed by atoms with Gasteiger partial charge in [-0.2, -0.15) is 0 Å². The molecule has 0 radical (unpaired) electrons. The van der Waals surface area contributed by atoms with Crippen molar-refractivity contribution in [2.75, 3.05) is 6.61 Å². The van der Waals surface area contributed by atoms with Crippen molar-refractivity contribution >= 4 is 14.0 Å². The van der Waals surface area contributed by atoms with Crippen LogP contribution in [0.3, 0.4) is 0 Å². The van der Waals surface area contributed by atoms with E-state index >= 15 is 0 Å². The van der Waals surface area contributed by atoms with Crippen LogP contribution in [0.1, 0.15) is 26.3 Å². The van der Waals surface area contributed by atoms with Crippen LogP contribution in [-0.2, 0) is 10.8 Å². The minimum Gasteiger partial charge on any atom is -0.457 e. The standard InChI is InChI=1S/C20H27NO4Si/c1-20(2,3)26(4,5)24-15-14-16-6-10-18(11-7-16)25-19-12-8-17(9-13-19)21(22)23/h6-13H,14-15H2,1-5H3. The molecule has 0 fully saturated rings. The van der Waals surface area contributed by atoms with Gasteiger partial charge in [0.15, 0.2) is 8.32 Å². The maximum Gasteiger partial charge on any atom is 0.269 e. The summed E-state index contributed by atoms with van der Waals surface area (Å²) in [6.07, 6.45) is 0.865. The lowest BCUT2D eigenvalue weighted by Crippen LogP contribution is -2.41. The quantitative estimate of drug-likeness (QED) is 0.342. The lowest BCUT2D eigenvalue weighted by atomic mass is 10.1. The number of ether oxygens (including phenoxy) is 1. The van der Waals surface area contributed by atoms with Gasteiger partial charge in [-0.1, -0.05) is 32.9 Å².